The van der Waals surface area contributed by atoms with E-state index in [0.29, 0.717) is 18.5 Å². The molecular formula is C12H14O10S. The summed E-state index contributed by atoms with van der Waals surface area (Å²) in [5, 5.41) is 11.2. The maximum Gasteiger partial charge on any atom is 0.344 e. The minimum absolute atomic E-state index is 0.0412. The van der Waals surface area contributed by atoms with Crippen LogP contribution < -0.4 is 0 Å². The highest BCUT2D eigenvalue weighted by Gasteiger charge is 2.65. The van der Waals surface area contributed by atoms with Gasteiger partial charge in [0.15, 0.2) is 18.8 Å². The zero-order valence-electron chi connectivity index (χ0n) is 11.7. The molecule has 3 rings (SSSR count). The summed E-state index contributed by atoms with van der Waals surface area (Å²) < 4.78 is 24.8. The Balaban J connectivity index is 1.37. The summed E-state index contributed by atoms with van der Waals surface area (Å²) in [6.45, 7) is -0.543. The standard InChI is InChI=1S/C12H14O10S/c13-7(1-2-23-22-21-16)17-4-8(14)19-10-6-3-5-9(18-6)11(10)20-12(5)15/h5-6,9-11,16H,1-4H2. The summed E-state index contributed by atoms with van der Waals surface area (Å²) in [4.78, 5) is 34.6. The molecule has 11 heteroatoms. The number of esters is 3. The van der Waals surface area contributed by atoms with Crippen LogP contribution >= 0.6 is 12.0 Å². The van der Waals surface area contributed by atoms with Crippen LogP contribution in [0.4, 0.5) is 0 Å². The first-order valence-electron chi connectivity index (χ1n) is 6.91. The first-order valence-corrected chi connectivity index (χ1v) is 7.82. The molecule has 5 atom stereocenters. The fourth-order valence-corrected chi connectivity index (χ4v) is 3.32. The van der Waals surface area contributed by atoms with E-state index in [-0.39, 0.29) is 36.3 Å². The van der Waals surface area contributed by atoms with Crippen molar-refractivity contribution in [2.24, 2.45) is 5.92 Å². The van der Waals surface area contributed by atoms with Crippen LogP contribution in [0.25, 0.3) is 0 Å². The molecule has 128 valence electrons. The van der Waals surface area contributed by atoms with Gasteiger partial charge in [0.2, 0.25) is 0 Å². The Labute approximate surface area is 134 Å². The molecule has 10 nitrogen and oxygen atoms in total. The fourth-order valence-electron chi connectivity index (χ4n) is 2.96. The Morgan fingerprint density at radius 2 is 2.13 bits per heavy atom. The van der Waals surface area contributed by atoms with Crippen molar-refractivity contribution in [2.75, 3.05) is 12.4 Å². The van der Waals surface area contributed by atoms with Crippen molar-refractivity contribution in [3.63, 3.8) is 0 Å². The van der Waals surface area contributed by atoms with Gasteiger partial charge in [0.05, 0.1) is 18.4 Å². The van der Waals surface area contributed by atoms with Crippen molar-refractivity contribution < 1.29 is 48.0 Å². The van der Waals surface area contributed by atoms with Crippen molar-refractivity contribution in [1.82, 2.24) is 0 Å². The molecule has 1 N–H and O–H groups in total. The number of hydrogen-bond acceptors (Lipinski definition) is 11. The van der Waals surface area contributed by atoms with Crippen LogP contribution in [0, 0.1) is 5.92 Å². The van der Waals surface area contributed by atoms with Gasteiger partial charge in [-0.1, -0.05) is 5.04 Å². The van der Waals surface area contributed by atoms with Crippen LogP contribution in [-0.2, 0) is 42.7 Å². The van der Waals surface area contributed by atoms with E-state index in [1.54, 1.807) is 0 Å². The molecule has 3 aliphatic rings. The molecule has 3 heterocycles. The Morgan fingerprint density at radius 1 is 1.30 bits per heavy atom. The Bertz CT molecular complexity index is 496. The number of ether oxygens (including phenoxy) is 4. The van der Waals surface area contributed by atoms with Crippen LogP contribution in [0.3, 0.4) is 0 Å². The molecule has 23 heavy (non-hydrogen) atoms. The average Bonchev–Trinajstić information content (AvgIpc) is 3.14. The molecule has 3 aliphatic heterocycles. The number of rotatable bonds is 8. The number of carbonyl (C=O) groups is 3. The fraction of sp³-hybridized carbons (Fsp3) is 0.750. The van der Waals surface area contributed by atoms with Crippen LogP contribution in [-0.4, -0.2) is 59.9 Å². The largest absolute Gasteiger partial charge is 0.455 e. The second-order valence-electron chi connectivity index (χ2n) is 5.21. The Morgan fingerprint density at radius 3 is 2.91 bits per heavy atom. The Hall–Kier alpha value is -1.40. The normalized spacial score (nSPS) is 33.6. The molecule has 0 amide bonds. The minimum atomic E-state index is -0.735. The van der Waals surface area contributed by atoms with E-state index < -0.39 is 30.8 Å². The molecule has 0 aromatic heterocycles. The van der Waals surface area contributed by atoms with Gasteiger partial charge in [-0.3, -0.25) is 9.59 Å². The van der Waals surface area contributed by atoms with Gasteiger partial charge in [0.1, 0.15) is 6.10 Å². The summed E-state index contributed by atoms with van der Waals surface area (Å²) in [5.74, 6) is -1.78. The third kappa shape index (κ3) is 3.43. The van der Waals surface area contributed by atoms with Gasteiger partial charge in [-0.05, 0) is 6.42 Å². The lowest BCUT2D eigenvalue weighted by Crippen LogP contribution is -2.40. The zero-order chi connectivity index (χ0) is 16.4. The lowest BCUT2D eigenvalue weighted by molar-refractivity contribution is -0.432. The van der Waals surface area contributed by atoms with E-state index in [1.807, 2.05) is 0 Å². The maximum absolute atomic E-state index is 11.7. The minimum Gasteiger partial charge on any atom is -0.455 e. The van der Waals surface area contributed by atoms with Gasteiger partial charge >= 0.3 is 17.9 Å². The second kappa shape index (κ2) is 7.01. The van der Waals surface area contributed by atoms with Crippen LogP contribution in [0.15, 0.2) is 0 Å². The summed E-state index contributed by atoms with van der Waals surface area (Å²) >= 11 is 0.704. The van der Waals surface area contributed by atoms with E-state index in [9.17, 15) is 14.4 Å². The second-order valence-corrected chi connectivity index (χ2v) is 5.99. The SMILES string of the molecule is O=C(CCSOOO)OCC(=O)OC1C2CC3C(=O)OC1C3O2. The van der Waals surface area contributed by atoms with Crippen molar-refractivity contribution in [2.45, 2.75) is 37.3 Å². The van der Waals surface area contributed by atoms with E-state index in [4.69, 9.17) is 24.2 Å². The smallest absolute Gasteiger partial charge is 0.344 e. The van der Waals surface area contributed by atoms with Crippen LogP contribution in [0.5, 0.6) is 0 Å². The van der Waals surface area contributed by atoms with Crippen molar-refractivity contribution in [3.8, 4) is 0 Å². The predicted octanol–water partition coefficient (Wildman–Crippen LogP) is -0.386. The first-order chi connectivity index (χ1) is 11.1. The molecule has 3 fully saturated rings. The van der Waals surface area contributed by atoms with Gasteiger partial charge < -0.3 is 18.9 Å². The van der Waals surface area contributed by atoms with E-state index in [2.05, 4.69) is 9.37 Å². The Kier molecular flexibility index (Phi) is 5.02. The molecule has 0 aromatic carbocycles. The summed E-state index contributed by atoms with van der Waals surface area (Å²) in [6.07, 6.45) is -1.49. The molecular weight excluding hydrogens is 336 g/mol. The molecule has 3 saturated heterocycles. The van der Waals surface area contributed by atoms with Gasteiger partial charge in [0.25, 0.3) is 0 Å². The molecule has 0 saturated carbocycles. The van der Waals surface area contributed by atoms with Gasteiger partial charge in [-0.15, -0.1) is 4.33 Å². The molecule has 5 unspecified atom stereocenters. The summed E-state index contributed by atoms with van der Waals surface area (Å²) in [6, 6.07) is 0. The molecule has 0 radical (unpaired) electrons. The van der Waals surface area contributed by atoms with Crippen molar-refractivity contribution in [3.05, 3.63) is 0 Å². The van der Waals surface area contributed by atoms with Crippen LogP contribution in [0.2, 0.25) is 0 Å². The predicted molar refractivity (Wildman–Crippen MR) is 69.4 cm³/mol. The maximum atomic E-state index is 11.7. The van der Waals surface area contributed by atoms with E-state index >= 15 is 0 Å². The van der Waals surface area contributed by atoms with E-state index in [0.717, 1.165) is 0 Å². The highest BCUT2D eigenvalue weighted by atomic mass is 32.2. The lowest BCUT2D eigenvalue weighted by Gasteiger charge is -2.22. The third-order valence-electron chi connectivity index (χ3n) is 3.87. The quantitative estimate of drug-likeness (QED) is 0.154. The molecule has 0 aliphatic carbocycles. The monoisotopic (exact) mass is 350 g/mol. The van der Waals surface area contributed by atoms with Gasteiger partial charge in [-0.25, -0.2) is 10.1 Å². The van der Waals surface area contributed by atoms with Gasteiger partial charge in [0, 0.05) is 17.8 Å². The number of hydrogen-bond donors (Lipinski definition) is 1. The number of fused-ring (bicyclic) bond motifs is 1. The highest BCUT2D eigenvalue weighted by Crippen LogP contribution is 2.47. The van der Waals surface area contributed by atoms with Gasteiger partial charge in [-0.2, -0.15) is 0 Å². The average molecular weight is 350 g/mol. The third-order valence-corrected chi connectivity index (χ3v) is 4.40. The summed E-state index contributed by atoms with van der Waals surface area (Å²) in [7, 11) is 0. The highest BCUT2D eigenvalue weighted by molar-refractivity contribution is 7.94. The topological polar surface area (TPSA) is 127 Å². The number of carbonyl (C=O) groups excluding carboxylic acids is 3. The summed E-state index contributed by atoms with van der Waals surface area (Å²) in [5.41, 5.74) is 0. The molecule has 2 bridgehead atoms. The zero-order valence-corrected chi connectivity index (χ0v) is 12.6. The van der Waals surface area contributed by atoms with Crippen LogP contribution in [0.1, 0.15) is 12.8 Å². The molecule has 0 spiro atoms. The molecule has 0 aromatic rings. The van der Waals surface area contributed by atoms with Crippen molar-refractivity contribution in [1.29, 1.82) is 0 Å². The lowest BCUT2D eigenvalue weighted by atomic mass is 9.88. The van der Waals surface area contributed by atoms with E-state index in [1.165, 1.54) is 0 Å². The van der Waals surface area contributed by atoms with Crippen molar-refractivity contribution >= 4 is 30.0 Å². The first kappa shape index (κ1) is 16.5.